The quantitative estimate of drug-likeness (QED) is 0.0123. The maximum absolute atomic E-state index is 12.7. The molecule has 0 radical (unpaired) electrons. The third-order valence-corrected chi connectivity index (χ3v) is 9.98. The Morgan fingerprint density at radius 2 is 1.12 bits per heavy atom. The van der Waals surface area contributed by atoms with Crippen molar-refractivity contribution < 1.29 is 46.8 Å². The van der Waals surface area contributed by atoms with E-state index in [4.69, 9.17) is 18.5 Å². The minimum Gasteiger partial charge on any atom is -0.462 e. The van der Waals surface area contributed by atoms with E-state index in [0.29, 0.717) is 17.4 Å². The fraction of sp³-hybridized carbons (Fsp3) is 0.717. The molecule has 0 saturated heterocycles. The molecule has 0 heterocycles. The zero-order valence-electron chi connectivity index (χ0n) is 36.6. The summed E-state index contributed by atoms with van der Waals surface area (Å²) in [5.74, 6) is -1.18. The van der Waals surface area contributed by atoms with Crippen LogP contribution in [0.25, 0.3) is 0 Å². The van der Waals surface area contributed by atoms with Gasteiger partial charge >= 0.3 is 19.8 Å². The number of quaternary nitrogens is 1. The molecule has 0 aromatic heterocycles. The first-order valence-corrected chi connectivity index (χ1v) is 23.5. The summed E-state index contributed by atoms with van der Waals surface area (Å²) >= 11 is 0. The van der Waals surface area contributed by atoms with Crippen LogP contribution in [0.1, 0.15) is 162 Å². The minimum absolute atomic E-state index is 0.0141. The van der Waals surface area contributed by atoms with E-state index in [1.165, 1.54) is 76.7 Å². The van der Waals surface area contributed by atoms with Crippen molar-refractivity contribution in [3.8, 4) is 0 Å². The first-order chi connectivity index (χ1) is 27.4. The minimum atomic E-state index is -4.44. The van der Waals surface area contributed by atoms with Gasteiger partial charge in [0.2, 0.25) is 0 Å². The van der Waals surface area contributed by atoms with Crippen LogP contribution in [0.15, 0.2) is 60.8 Å². The van der Waals surface area contributed by atoms with Gasteiger partial charge < -0.3 is 18.9 Å². The topological polar surface area (TPSA) is 125 Å². The second-order valence-electron chi connectivity index (χ2n) is 15.8. The summed E-state index contributed by atoms with van der Waals surface area (Å²) < 4.78 is 34.0. The molecule has 57 heavy (non-hydrogen) atoms. The molecule has 2 atom stereocenters. The Morgan fingerprint density at radius 1 is 0.596 bits per heavy atom. The second-order valence-corrected chi connectivity index (χ2v) is 17.2. The highest BCUT2D eigenvalue weighted by atomic mass is 31.2. The van der Waals surface area contributed by atoms with E-state index >= 15 is 0 Å². The Morgan fingerprint density at radius 3 is 1.77 bits per heavy atom. The number of likely N-dealkylation sites (N-methyl/N-ethyl adjacent to an activating group) is 1. The monoisotopic (exact) mass is 823 g/mol. The zero-order valence-corrected chi connectivity index (χ0v) is 37.4. The van der Waals surface area contributed by atoms with Gasteiger partial charge in [-0.15, -0.1) is 0 Å². The van der Waals surface area contributed by atoms with Crippen LogP contribution in [-0.2, 0) is 37.5 Å². The zero-order chi connectivity index (χ0) is 42.3. The van der Waals surface area contributed by atoms with E-state index < -0.39 is 32.5 Å². The highest BCUT2D eigenvalue weighted by Gasteiger charge is 2.27. The standard InChI is InChI=1S/C46H80NO9P/c1-6-8-10-12-14-16-18-20-21-23-25-27-29-31-33-37-45(49)53-41-44(42-55-57(51,52)54-40-39-47(3,4)5)56-46(50)38-34-36-43(48)35-32-30-28-26-24-22-19-17-15-13-11-9-7-2/h15-18,22,24,28,30,32,35,44H,6-14,19-21,23,25-27,29,31,33-34,36-42H2,1-5H3/p+1/b17-15-,18-16-,24-22-,30-28-,35-32+/t44-/m1/s1. The van der Waals surface area contributed by atoms with Gasteiger partial charge in [-0.25, -0.2) is 4.57 Å². The molecule has 0 aliphatic heterocycles. The van der Waals surface area contributed by atoms with Crippen LogP contribution < -0.4 is 0 Å². The predicted octanol–water partition coefficient (Wildman–Crippen LogP) is 11.6. The summed E-state index contributed by atoms with van der Waals surface area (Å²) in [6, 6.07) is 0. The summed E-state index contributed by atoms with van der Waals surface area (Å²) in [5, 5.41) is 0. The normalized spacial score (nSPS) is 14.1. The van der Waals surface area contributed by atoms with Crippen molar-refractivity contribution in [1.29, 1.82) is 0 Å². The first kappa shape index (κ1) is 54.4. The molecular weight excluding hydrogens is 741 g/mol. The lowest BCUT2D eigenvalue weighted by molar-refractivity contribution is -0.870. The van der Waals surface area contributed by atoms with E-state index in [1.54, 1.807) is 6.08 Å². The van der Waals surface area contributed by atoms with Crippen LogP contribution in [0.3, 0.4) is 0 Å². The van der Waals surface area contributed by atoms with E-state index in [-0.39, 0.29) is 44.7 Å². The Labute approximate surface area is 347 Å². The van der Waals surface area contributed by atoms with Crippen molar-refractivity contribution in [2.45, 2.75) is 168 Å². The molecule has 1 N–H and O–H groups in total. The fourth-order valence-electron chi connectivity index (χ4n) is 5.49. The average Bonchev–Trinajstić information content (AvgIpc) is 3.15. The summed E-state index contributed by atoms with van der Waals surface area (Å²) in [4.78, 5) is 47.6. The van der Waals surface area contributed by atoms with Crippen molar-refractivity contribution in [1.82, 2.24) is 0 Å². The van der Waals surface area contributed by atoms with Crippen molar-refractivity contribution in [3.05, 3.63) is 60.8 Å². The number of esters is 2. The molecule has 0 saturated carbocycles. The van der Waals surface area contributed by atoms with Gasteiger partial charge in [0, 0.05) is 19.3 Å². The number of rotatable bonds is 39. The molecule has 0 amide bonds. The van der Waals surface area contributed by atoms with E-state index in [2.05, 4.69) is 50.3 Å². The van der Waals surface area contributed by atoms with Gasteiger partial charge in [-0.2, -0.15) is 0 Å². The molecular formula is C46H81NO9P+. The van der Waals surface area contributed by atoms with E-state index in [0.717, 1.165) is 44.9 Å². The third kappa shape index (κ3) is 41.3. The molecule has 328 valence electrons. The molecule has 0 aliphatic carbocycles. The SMILES string of the molecule is CCCCC/C=C\C/C=C\C/C=C\C=C\C(=O)CCCC(=O)O[C@H](COC(=O)CCCCCCCCC/C=C\CCCCCC)COP(=O)(O)OCC[N+](C)(C)C. The van der Waals surface area contributed by atoms with Crippen LogP contribution in [0, 0.1) is 0 Å². The Bertz CT molecular complexity index is 1220. The van der Waals surface area contributed by atoms with Gasteiger partial charge in [0.1, 0.15) is 19.8 Å². The molecule has 10 nitrogen and oxygen atoms in total. The number of ether oxygens (including phenoxy) is 2. The number of phosphoric acid groups is 1. The van der Waals surface area contributed by atoms with Gasteiger partial charge in [-0.05, 0) is 70.3 Å². The third-order valence-electron chi connectivity index (χ3n) is 9.00. The maximum Gasteiger partial charge on any atom is 0.472 e. The molecule has 11 heteroatoms. The van der Waals surface area contributed by atoms with Crippen LogP contribution >= 0.6 is 7.82 Å². The Hall–Kier alpha value is -2.62. The number of carbonyl (C=O) groups excluding carboxylic acids is 3. The summed E-state index contributed by atoms with van der Waals surface area (Å²) in [6.45, 7) is 4.08. The number of nitrogens with zero attached hydrogens (tertiary/aromatic N) is 1. The summed E-state index contributed by atoms with van der Waals surface area (Å²) in [5.41, 5.74) is 0. The van der Waals surface area contributed by atoms with E-state index in [9.17, 15) is 23.8 Å². The molecule has 0 fully saturated rings. The predicted molar refractivity (Wildman–Crippen MR) is 234 cm³/mol. The maximum atomic E-state index is 12.7. The Balaban J connectivity index is 4.58. The second kappa shape index (κ2) is 37.6. The van der Waals surface area contributed by atoms with Crippen LogP contribution in [-0.4, -0.2) is 80.7 Å². The molecule has 1 unspecified atom stereocenters. The van der Waals surface area contributed by atoms with Crippen LogP contribution in [0.2, 0.25) is 0 Å². The number of unbranched alkanes of at least 4 members (excludes halogenated alkanes) is 14. The lowest BCUT2D eigenvalue weighted by Crippen LogP contribution is -2.37. The smallest absolute Gasteiger partial charge is 0.462 e. The molecule has 0 aromatic carbocycles. The highest BCUT2D eigenvalue weighted by molar-refractivity contribution is 7.47. The van der Waals surface area contributed by atoms with Gasteiger partial charge in [0.15, 0.2) is 11.9 Å². The summed E-state index contributed by atoms with van der Waals surface area (Å²) in [7, 11) is 1.32. The molecule has 0 bridgehead atoms. The van der Waals surface area contributed by atoms with Crippen molar-refractivity contribution >= 4 is 25.5 Å². The van der Waals surface area contributed by atoms with E-state index in [1.807, 2.05) is 33.3 Å². The van der Waals surface area contributed by atoms with Gasteiger partial charge in [-0.1, -0.05) is 133 Å². The lowest BCUT2D eigenvalue weighted by Gasteiger charge is -2.24. The molecule has 0 spiro atoms. The van der Waals surface area contributed by atoms with Gasteiger partial charge in [-0.3, -0.25) is 23.4 Å². The number of hydrogen-bond donors (Lipinski definition) is 1. The van der Waals surface area contributed by atoms with Gasteiger partial charge in [0.25, 0.3) is 0 Å². The average molecular weight is 823 g/mol. The van der Waals surface area contributed by atoms with Gasteiger partial charge in [0.05, 0.1) is 27.7 Å². The number of allylic oxidation sites excluding steroid dienone is 10. The first-order valence-electron chi connectivity index (χ1n) is 22.0. The molecule has 0 aromatic rings. The fourth-order valence-corrected chi connectivity index (χ4v) is 6.23. The number of carbonyl (C=O) groups is 3. The number of phosphoric ester groups is 1. The highest BCUT2D eigenvalue weighted by Crippen LogP contribution is 2.43. The number of ketones is 1. The molecule has 0 rings (SSSR count). The van der Waals surface area contributed by atoms with Crippen LogP contribution in [0.4, 0.5) is 0 Å². The van der Waals surface area contributed by atoms with Crippen molar-refractivity contribution in [2.24, 2.45) is 0 Å². The Kier molecular flexibility index (Phi) is 35.9. The van der Waals surface area contributed by atoms with Crippen LogP contribution in [0.5, 0.6) is 0 Å². The lowest BCUT2D eigenvalue weighted by atomic mass is 10.1. The summed E-state index contributed by atoms with van der Waals surface area (Å²) in [6.07, 6.45) is 41.3. The van der Waals surface area contributed by atoms with Crippen molar-refractivity contribution in [2.75, 3.05) is 47.5 Å². The molecule has 0 aliphatic rings. The van der Waals surface area contributed by atoms with Crippen molar-refractivity contribution in [3.63, 3.8) is 0 Å². The largest absolute Gasteiger partial charge is 0.472 e. The number of hydrogen-bond acceptors (Lipinski definition) is 8.